The molecule has 5 nitrogen and oxygen atoms in total. The minimum absolute atomic E-state index is 0.0526. The summed E-state index contributed by atoms with van der Waals surface area (Å²) in [6, 6.07) is 12.9. The van der Waals surface area contributed by atoms with Crippen LogP contribution in [0.3, 0.4) is 0 Å². The Morgan fingerprint density at radius 2 is 1.96 bits per heavy atom. The largest absolute Gasteiger partial charge is 0.495 e. The normalized spacial score (nSPS) is 11.1. The zero-order valence-electron chi connectivity index (χ0n) is 15.8. The van der Waals surface area contributed by atoms with E-state index in [-0.39, 0.29) is 11.5 Å². The van der Waals surface area contributed by atoms with E-state index >= 15 is 0 Å². The number of halogens is 1. The molecule has 0 radical (unpaired) electrons. The Morgan fingerprint density at radius 1 is 1.26 bits per heavy atom. The van der Waals surface area contributed by atoms with Crippen molar-refractivity contribution in [3.8, 4) is 11.8 Å². The molecule has 0 aliphatic carbocycles. The molecule has 27 heavy (non-hydrogen) atoms. The lowest BCUT2D eigenvalue weighted by Crippen LogP contribution is -2.16. The molecule has 2 aromatic carbocycles. The second-order valence-corrected chi connectivity index (χ2v) is 6.72. The number of carbonyl (C=O) groups is 1. The summed E-state index contributed by atoms with van der Waals surface area (Å²) < 4.78 is 5.29. The SMILES string of the molecule is COc1cc(Cl)c(C)cc1N/C=C(/C#N)C(=O)Nc1ccccc1C(C)C. The van der Waals surface area contributed by atoms with Gasteiger partial charge in [0, 0.05) is 23.0 Å². The summed E-state index contributed by atoms with van der Waals surface area (Å²) in [5.74, 6) is 0.280. The van der Waals surface area contributed by atoms with E-state index in [0.29, 0.717) is 22.1 Å². The number of nitrogens with zero attached hydrogens (tertiary/aromatic N) is 1. The van der Waals surface area contributed by atoms with Crippen molar-refractivity contribution >= 4 is 28.9 Å². The molecular weight excluding hydrogens is 362 g/mol. The topological polar surface area (TPSA) is 74.1 Å². The summed E-state index contributed by atoms with van der Waals surface area (Å²) in [5.41, 5.74) is 3.11. The Bertz CT molecular complexity index is 914. The lowest BCUT2D eigenvalue weighted by Gasteiger charge is -2.14. The second-order valence-electron chi connectivity index (χ2n) is 6.31. The highest BCUT2D eigenvalue weighted by molar-refractivity contribution is 6.31. The Balaban J connectivity index is 2.24. The molecule has 0 unspecified atom stereocenters. The number of anilines is 2. The fraction of sp³-hybridized carbons (Fsp3) is 0.238. The Labute approximate surface area is 164 Å². The van der Waals surface area contributed by atoms with Crippen molar-refractivity contribution in [2.45, 2.75) is 26.7 Å². The van der Waals surface area contributed by atoms with Crippen molar-refractivity contribution in [2.75, 3.05) is 17.7 Å². The number of para-hydroxylation sites is 1. The maximum atomic E-state index is 12.5. The van der Waals surface area contributed by atoms with Crippen LogP contribution in [0, 0.1) is 18.3 Å². The molecule has 0 fully saturated rings. The van der Waals surface area contributed by atoms with Gasteiger partial charge in [0.2, 0.25) is 0 Å². The highest BCUT2D eigenvalue weighted by Gasteiger charge is 2.14. The summed E-state index contributed by atoms with van der Waals surface area (Å²) in [5, 5.41) is 15.7. The number of amides is 1. The molecular formula is C21H22ClN3O2. The van der Waals surface area contributed by atoms with Crippen LogP contribution in [0.15, 0.2) is 48.2 Å². The second kappa shape index (κ2) is 9.11. The molecule has 0 bridgehead atoms. The third-order valence-corrected chi connectivity index (χ3v) is 4.46. The molecule has 2 aromatic rings. The van der Waals surface area contributed by atoms with Gasteiger partial charge in [-0.1, -0.05) is 43.6 Å². The van der Waals surface area contributed by atoms with E-state index in [1.807, 2.05) is 51.1 Å². The molecule has 1 amide bonds. The van der Waals surface area contributed by atoms with Gasteiger partial charge in [0.1, 0.15) is 17.4 Å². The highest BCUT2D eigenvalue weighted by atomic mass is 35.5. The molecule has 0 aliphatic rings. The van der Waals surface area contributed by atoms with Crippen LogP contribution in [0.2, 0.25) is 5.02 Å². The first-order valence-electron chi connectivity index (χ1n) is 8.48. The van der Waals surface area contributed by atoms with Gasteiger partial charge in [-0.25, -0.2) is 0 Å². The van der Waals surface area contributed by atoms with E-state index in [0.717, 1.165) is 11.1 Å². The number of carbonyl (C=O) groups excluding carboxylic acids is 1. The molecule has 140 valence electrons. The first-order chi connectivity index (χ1) is 12.9. The molecule has 0 saturated heterocycles. The quantitative estimate of drug-likeness (QED) is 0.528. The number of aryl methyl sites for hydroxylation is 1. The average Bonchev–Trinajstić information content (AvgIpc) is 2.65. The van der Waals surface area contributed by atoms with Gasteiger partial charge in [-0.15, -0.1) is 0 Å². The van der Waals surface area contributed by atoms with Gasteiger partial charge in [0.05, 0.1) is 12.8 Å². The van der Waals surface area contributed by atoms with Crippen LogP contribution in [-0.4, -0.2) is 13.0 Å². The van der Waals surface area contributed by atoms with E-state index in [9.17, 15) is 10.1 Å². The van der Waals surface area contributed by atoms with E-state index in [1.165, 1.54) is 13.3 Å². The van der Waals surface area contributed by atoms with Gasteiger partial charge in [0.15, 0.2) is 0 Å². The Kier molecular flexibility index (Phi) is 6.86. The number of benzene rings is 2. The molecule has 0 aromatic heterocycles. The molecule has 0 atom stereocenters. The van der Waals surface area contributed by atoms with E-state index in [2.05, 4.69) is 10.6 Å². The number of methoxy groups -OCH3 is 1. The number of hydrogen-bond donors (Lipinski definition) is 2. The minimum atomic E-state index is -0.484. The standard InChI is InChI=1S/C21H22ClN3O2/c1-13(2)16-7-5-6-8-18(16)25-21(26)15(11-23)12-24-19-9-14(3)17(22)10-20(19)27-4/h5-10,12-13,24H,1-4H3,(H,25,26)/b15-12-. The van der Waals surface area contributed by atoms with Gasteiger partial charge in [-0.3, -0.25) is 4.79 Å². The number of rotatable bonds is 6. The lowest BCUT2D eigenvalue weighted by atomic mass is 10.0. The molecule has 2 rings (SSSR count). The predicted octanol–water partition coefficient (Wildman–Crippen LogP) is 5.24. The monoisotopic (exact) mass is 383 g/mol. The first-order valence-corrected chi connectivity index (χ1v) is 8.86. The summed E-state index contributed by atoms with van der Waals surface area (Å²) in [6.45, 7) is 5.95. The van der Waals surface area contributed by atoms with Crippen molar-refractivity contribution < 1.29 is 9.53 Å². The van der Waals surface area contributed by atoms with E-state index in [4.69, 9.17) is 16.3 Å². The van der Waals surface area contributed by atoms with Crippen LogP contribution in [0.1, 0.15) is 30.9 Å². The van der Waals surface area contributed by atoms with Crippen LogP contribution in [0.25, 0.3) is 0 Å². The summed E-state index contributed by atoms with van der Waals surface area (Å²) in [6.07, 6.45) is 1.36. The first kappa shape index (κ1) is 20.3. The van der Waals surface area contributed by atoms with E-state index < -0.39 is 5.91 Å². The zero-order valence-corrected chi connectivity index (χ0v) is 16.5. The maximum Gasteiger partial charge on any atom is 0.267 e. The van der Waals surface area contributed by atoms with Crippen molar-refractivity contribution in [3.05, 3.63) is 64.3 Å². The summed E-state index contributed by atoms with van der Waals surface area (Å²) >= 11 is 6.10. The van der Waals surface area contributed by atoms with Crippen LogP contribution in [0.5, 0.6) is 5.75 Å². The number of hydrogen-bond acceptors (Lipinski definition) is 4. The van der Waals surface area contributed by atoms with Crippen LogP contribution < -0.4 is 15.4 Å². The summed E-state index contributed by atoms with van der Waals surface area (Å²) in [7, 11) is 1.52. The van der Waals surface area contributed by atoms with Crippen molar-refractivity contribution in [3.63, 3.8) is 0 Å². The zero-order chi connectivity index (χ0) is 20.0. The number of nitrogens with one attached hydrogen (secondary N) is 2. The van der Waals surface area contributed by atoms with Crippen LogP contribution >= 0.6 is 11.6 Å². The fourth-order valence-electron chi connectivity index (χ4n) is 2.55. The van der Waals surface area contributed by atoms with Gasteiger partial charge in [-0.05, 0) is 36.1 Å². The van der Waals surface area contributed by atoms with Gasteiger partial charge in [-0.2, -0.15) is 5.26 Å². The smallest absolute Gasteiger partial charge is 0.267 e. The van der Waals surface area contributed by atoms with Crippen molar-refractivity contribution in [2.24, 2.45) is 0 Å². The van der Waals surface area contributed by atoms with Crippen molar-refractivity contribution in [1.82, 2.24) is 0 Å². The third-order valence-electron chi connectivity index (χ3n) is 4.05. The number of ether oxygens (including phenoxy) is 1. The number of nitriles is 1. The molecule has 0 heterocycles. The molecule has 0 aliphatic heterocycles. The molecule has 6 heteroatoms. The van der Waals surface area contributed by atoms with Crippen molar-refractivity contribution in [1.29, 1.82) is 5.26 Å². The van der Waals surface area contributed by atoms with Crippen LogP contribution in [-0.2, 0) is 4.79 Å². The Hall–Kier alpha value is -2.97. The minimum Gasteiger partial charge on any atom is -0.495 e. The van der Waals surface area contributed by atoms with Gasteiger partial charge in [0.25, 0.3) is 5.91 Å². The van der Waals surface area contributed by atoms with Gasteiger partial charge >= 0.3 is 0 Å². The van der Waals surface area contributed by atoms with Crippen LogP contribution in [0.4, 0.5) is 11.4 Å². The highest BCUT2D eigenvalue weighted by Crippen LogP contribution is 2.31. The fourth-order valence-corrected chi connectivity index (χ4v) is 2.70. The molecule has 2 N–H and O–H groups in total. The summed E-state index contributed by atoms with van der Waals surface area (Å²) in [4.78, 5) is 12.5. The predicted molar refractivity (Wildman–Crippen MR) is 109 cm³/mol. The Morgan fingerprint density at radius 3 is 2.59 bits per heavy atom. The third kappa shape index (κ3) is 5.02. The van der Waals surface area contributed by atoms with Gasteiger partial charge < -0.3 is 15.4 Å². The lowest BCUT2D eigenvalue weighted by molar-refractivity contribution is -0.112. The maximum absolute atomic E-state index is 12.5. The molecule has 0 spiro atoms. The average molecular weight is 384 g/mol. The van der Waals surface area contributed by atoms with E-state index in [1.54, 1.807) is 12.1 Å². The molecule has 0 saturated carbocycles.